The molecule has 0 aromatic heterocycles. The molecule has 2 rings (SSSR count). The minimum Gasteiger partial charge on any atom is -0.497 e. The number of amides is 1. The van der Waals surface area contributed by atoms with Gasteiger partial charge in [-0.05, 0) is 43.7 Å². The fourth-order valence-electron chi connectivity index (χ4n) is 2.74. The van der Waals surface area contributed by atoms with Gasteiger partial charge in [0, 0.05) is 11.1 Å². The smallest absolute Gasteiger partial charge is 0.248 e. The van der Waals surface area contributed by atoms with E-state index in [0.29, 0.717) is 33.5 Å². The maximum absolute atomic E-state index is 12.9. The molecule has 0 aliphatic rings. The summed E-state index contributed by atoms with van der Waals surface area (Å²) in [5, 5.41) is 3.08. The predicted molar refractivity (Wildman–Crippen MR) is 111 cm³/mol. The zero-order chi connectivity index (χ0) is 21.1. The van der Waals surface area contributed by atoms with Crippen molar-refractivity contribution >= 4 is 38.9 Å². The molecule has 152 valence electrons. The van der Waals surface area contributed by atoms with Crippen LogP contribution in [0.5, 0.6) is 11.5 Å². The second-order valence-corrected chi connectivity index (χ2v) is 8.52. The van der Waals surface area contributed by atoms with Crippen molar-refractivity contribution in [3.63, 3.8) is 0 Å². The van der Waals surface area contributed by atoms with E-state index in [2.05, 4.69) is 5.32 Å². The lowest BCUT2D eigenvalue weighted by Crippen LogP contribution is -2.45. The van der Waals surface area contributed by atoms with E-state index in [1.54, 1.807) is 37.3 Å². The molecule has 1 atom stereocenters. The summed E-state index contributed by atoms with van der Waals surface area (Å²) in [5.41, 5.74) is 1.42. The summed E-state index contributed by atoms with van der Waals surface area (Å²) in [7, 11) is -0.773. The molecule has 0 radical (unpaired) electrons. The van der Waals surface area contributed by atoms with Crippen LogP contribution >= 0.6 is 11.6 Å². The maximum Gasteiger partial charge on any atom is 0.248 e. The van der Waals surface area contributed by atoms with Gasteiger partial charge in [0.05, 0.1) is 31.9 Å². The fraction of sp³-hybridized carbons (Fsp3) is 0.316. The number of halogens is 1. The summed E-state index contributed by atoms with van der Waals surface area (Å²) in [6.45, 7) is 3.26. The number of benzene rings is 2. The van der Waals surface area contributed by atoms with Crippen molar-refractivity contribution in [3.8, 4) is 11.5 Å². The van der Waals surface area contributed by atoms with Gasteiger partial charge in [-0.15, -0.1) is 0 Å². The lowest BCUT2D eigenvalue weighted by Gasteiger charge is -2.29. The van der Waals surface area contributed by atoms with Gasteiger partial charge in [0.2, 0.25) is 15.9 Å². The summed E-state index contributed by atoms with van der Waals surface area (Å²) in [4.78, 5) is 12.9. The molecule has 0 saturated carbocycles. The maximum atomic E-state index is 12.9. The first-order chi connectivity index (χ1) is 13.1. The van der Waals surface area contributed by atoms with Crippen molar-refractivity contribution in [2.45, 2.75) is 19.9 Å². The highest BCUT2D eigenvalue weighted by Crippen LogP contribution is 2.31. The molecule has 2 aromatic rings. The van der Waals surface area contributed by atoms with Gasteiger partial charge in [-0.3, -0.25) is 9.10 Å². The number of rotatable bonds is 7. The molecule has 2 aromatic carbocycles. The van der Waals surface area contributed by atoms with Gasteiger partial charge in [-0.25, -0.2) is 8.42 Å². The second-order valence-electron chi connectivity index (χ2n) is 6.22. The third-order valence-electron chi connectivity index (χ3n) is 4.16. The third-order valence-corrected chi connectivity index (χ3v) is 5.63. The monoisotopic (exact) mass is 426 g/mol. The van der Waals surface area contributed by atoms with Crippen LogP contribution in [0.25, 0.3) is 0 Å². The van der Waals surface area contributed by atoms with Crippen LogP contribution in [-0.4, -0.2) is 40.8 Å². The Morgan fingerprint density at radius 3 is 2.39 bits per heavy atom. The average molecular weight is 427 g/mol. The minimum absolute atomic E-state index is 0.347. The lowest BCUT2D eigenvalue weighted by atomic mass is 10.1. The number of hydrogen-bond donors (Lipinski definition) is 1. The summed E-state index contributed by atoms with van der Waals surface area (Å²) in [6.07, 6.45) is 1.05. The van der Waals surface area contributed by atoms with Crippen molar-refractivity contribution in [2.24, 2.45) is 0 Å². The number of sulfonamides is 1. The molecule has 1 amide bonds. The predicted octanol–water partition coefficient (Wildman–Crippen LogP) is 3.46. The quantitative estimate of drug-likeness (QED) is 0.732. The number of carbonyl (C=O) groups is 1. The van der Waals surface area contributed by atoms with Crippen molar-refractivity contribution in [2.75, 3.05) is 30.1 Å². The number of anilines is 2. The molecule has 0 spiro atoms. The zero-order valence-electron chi connectivity index (χ0n) is 16.3. The number of hydrogen-bond acceptors (Lipinski definition) is 5. The molecule has 0 fully saturated rings. The fourth-order valence-corrected chi connectivity index (χ4v) is 4.13. The molecular weight excluding hydrogens is 404 g/mol. The minimum atomic E-state index is -3.76. The summed E-state index contributed by atoms with van der Waals surface area (Å²) in [6, 6.07) is 8.77. The SMILES string of the molecule is COc1ccc(NC(=O)[C@@H](C)N(c2cc(Cl)ccc2C)S(C)(=O)=O)c(OC)c1. The first kappa shape index (κ1) is 21.8. The van der Waals surface area contributed by atoms with Crippen LogP contribution in [-0.2, 0) is 14.8 Å². The van der Waals surface area contributed by atoms with Crippen LogP contribution in [0.2, 0.25) is 5.02 Å². The molecule has 0 aliphatic heterocycles. The van der Waals surface area contributed by atoms with E-state index >= 15 is 0 Å². The normalized spacial score (nSPS) is 12.2. The van der Waals surface area contributed by atoms with E-state index < -0.39 is 22.0 Å². The van der Waals surface area contributed by atoms with Crippen LogP contribution in [0.1, 0.15) is 12.5 Å². The summed E-state index contributed by atoms with van der Waals surface area (Å²) < 4.78 is 36.4. The molecule has 0 heterocycles. The molecule has 9 heteroatoms. The number of carbonyl (C=O) groups excluding carboxylic acids is 1. The molecule has 0 bridgehead atoms. The molecular formula is C19H23ClN2O5S. The van der Waals surface area contributed by atoms with Crippen molar-refractivity contribution < 1.29 is 22.7 Å². The first-order valence-corrected chi connectivity index (χ1v) is 10.6. The van der Waals surface area contributed by atoms with Gasteiger partial charge < -0.3 is 14.8 Å². The van der Waals surface area contributed by atoms with Gasteiger partial charge in [0.15, 0.2) is 0 Å². The molecule has 7 nitrogen and oxygen atoms in total. The van der Waals surface area contributed by atoms with E-state index in [4.69, 9.17) is 21.1 Å². The average Bonchev–Trinajstić information content (AvgIpc) is 2.63. The number of nitrogens with one attached hydrogen (secondary N) is 1. The standard InChI is InChI=1S/C19H23ClN2O5S/c1-12-6-7-14(20)10-17(12)22(28(5,24)25)13(2)19(23)21-16-9-8-15(26-3)11-18(16)27-4/h6-11,13H,1-5H3,(H,21,23)/t13-/m1/s1. The first-order valence-electron chi connectivity index (χ1n) is 8.37. The Morgan fingerprint density at radius 2 is 1.82 bits per heavy atom. The Bertz CT molecular complexity index is 978. The van der Waals surface area contributed by atoms with Crippen LogP contribution in [0.3, 0.4) is 0 Å². The van der Waals surface area contributed by atoms with Gasteiger partial charge in [0.1, 0.15) is 17.5 Å². The number of ether oxygens (including phenoxy) is 2. The number of aryl methyl sites for hydroxylation is 1. The lowest BCUT2D eigenvalue weighted by molar-refractivity contribution is -0.116. The van der Waals surface area contributed by atoms with Crippen LogP contribution in [0.15, 0.2) is 36.4 Å². The van der Waals surface area contributed by atoms with Crippen LogP contribution < -0.4 is 19.1 Å². The Labute approximate surface area is 170 Å². The highest BCUT2D eigenvalue weighted by Gasteiger charge is 2.30. The van der Waals surface area contributed by atoms with Crippen molar-refractivity contribution in [1.82, 2.24) is 0 Å². The Kier molecular flexibility index (Phi) is 6.79. The largest absolute Gasteiger partial charge is 0.497 e. The van der Waals surface area contributed by atoms with Gasteiger partial charge >= 0.3 is 0 Å². The van der Waals surface area contributed by atoms with E-state index in [-0.39, 0.29) is 0 Å². The third kappa shape index (κ3) is 4.88. The van der Waals surface area contributed by atoms with E-state index in [9.17, 15) is 13.2 Å². The Morgan fingerprint density at radius 1 is 1.14 bits per heavy atom. The zero-order valence-corrected chi connectivity index (χ0v) is 17.9. The number of nitrogens with zero attached hydrogens (tertiary/aromatic N) is 1. The Hall–Kier alpha value is -2.45. The Balaban J connectivity index is 2.39. The van der Waals surface area contributed by atoms with E-state index in [0.717, 1.165) is 10.6 Å². The van der Waals surface area contributed by atoms with Gasteiger partial charge in [0.25, 0.3) is 0 Å². The highest BCUT2D eigenvalue weighted by atomic mass is 35.5. The van der Waals surface area contributed by atoms with Crippen molar-refractivity contribution in [1.29, 1.82) is 0 Å². The number of methoxy groups -OCH3 is 2. The van der Waals surface area contributed by atoms with Gasteiger partial charge in [-0.1, -0.05) is 17.7 Å². The summed E-state index contributed by atoms with van der Waals surface area (Å²) >= 11 is 6.04. The van der Waals surface area contributed by atoms with Crippen LogP contribution in [0, 0.1) is 6.92 Å². The van der Waals surface area contributed by atoms with Crippen LogP contribution in [0.4, 0.5) is 11.4 Å². The van der Waals surface area contributed by atoms with E-state index in [1.807, 2.05) is 0 Å². The second kappa shape index (κ2) is 8.70. The highest BCUT2D eigenvalue weighted by molar-refractivity contribution is 7.92. The van der Waals surface area contributed by atoms with E-state index in [1.165, 1.54) is 27.2 Å². The van der Waals surface area contributed by atoms with Gasteiger partial charge in [-0.2, -0.15) is 0 Å². The molecule has 0 saturated heterocycles. The van der Waals surface area contributed by atoms with Crippen molar-refractivity contribution in [3.05, 3.63) is 47.0 Å². The topological polar surface area (TPSA) is 84.9 Å². The summed E-state index contributed by atoms with van der Waals surface area (Å²) in [5.74, 6) is 0.438. The molecule has 1 N–H and O–H groups in total. The molecule has 0 unspecified atom stereocenters. The molecule has 0 aliphatic carbocycles. The molecule has 28 heavy (non-hydrogen) atoms.